The fourth-order valence-corrected chi connectivity index (χ4v) is 9.84. The number of rotatable bonds is 5. The molecule has 1 nitrogen and oxygen atoms in total. The Balaban J connectivity index is 1.88. The summed E-state index contributed by atoms with van der Waals surface area (Å²) >= 11 is 2.05. The molecule has 0 aromatic heterocycles. The molecule has 0 heterocycles. The zero-order valence-electron chi connectivity index (χ0n) is 15.1. The van der Waals surface area contributed by atoms with Crippen LogP contribution in [-0.2, 0) is 0 Å². The summed E-state index contributed by atoms with van der Waals surface area (Å²) < 4.78 is 0. The van der Waals surface area contributed by atoms with E-state index in [1.165, 1.54) is 69.0 Å². The van der Waals surface area contributed by atoms with Crippen molar-refractivity contribution >= 4 is 30.2 Å². The van der Waals surface area contributed by atoms with Gasteiger partial charge in [0.25, 0.3) is 0 Å². The molecule has 3 rings (SSSR count). The normalized spacial score (nSPS) is 21.3. The third-order valence-corrected chi connectivity index (χ3v) is 10.2. The van der Waals surface area contributed by atoms with Gasteiger partial charge in [-0.05, 0) is 62.8 Å². The second-order valence-corrected chi connectivity index (χ2v) is 11.4. The maximum Gasteiger partial charge on any atom is 0.0968 e. The third-order valence-electron chi connectivity index (χ3n) is 5.41. The van der Waals surface area contributed by atoms with Gasteiger partial charge in [-0.1, -0.05) is 63.6 Å². The second kappa shape index (κ2) is 9.97. The first-order valence-electron chi connectivity index (χ1n) is 9.93. The summed E-state index contributed by atoms with van der Waals surface area (Å²) in [7, 11) is -0.0770. The Morgan fingerprint density at radius 1 is 0.917 bits per heavy atom. The molecule has 0 amide bonds. The number of nitrogens with zero attached hydrogens (tertiary/aromatic N) is 1. The van der Waals surface area contributed by atoms with Crippen molar-refractivity contribution < 1.29 is 0 Å². The molecule has 1 aromatic carbocycles. The largest absolute Gasteiger partial charge is 0.242 e. The zero-order valence-corrected chi connectivity index (χ0v) is 16.8. The van der Waals surface area contributed by atoms with E-state index in [9.17, 15) is 0 Å². The second-order valence-electron chi connectivity index (χ2n) is 7.15. The summed E-state index contributed by atoms with van der Waals surface area (Å²) in [6.45, 7) is 2.29. The summed E-state index contributed by atoms with van der Waals surface area (Å²) in [5, 5.41) is 0. The van der Waals surface area contributed by atoms with E-state index in [4.69, 9.17) is 4.99 Å². The van der Waals surface area contributed by atoms with Gasteiger partial charge in [-0.3, -0.25) is 0 Å². The van der Waals surface area contributed by atoms with Crippen LogP contribution in [0.15, 0.2) is 35.3 Å². The van der Waals surface area contributed by atoms with Crippen LogP contribution in [0.5, 0.6) is 0 Å². The Bertz CT molecular complexity index is 486. The molecule has 2 aliphatic rings. The van der Waals surface area contributed by atoms with Gasteiger partial charge in [0.2, 0.25) is 0 Å². The SMILES string of the molecule is CCSC(=Nc1ccccc1)P(C1CCCCC1)C1CCCCC1. The fourth-order valence-electron chi connectivity index (χ4n) is 4.24. The van der Waals surface area contributed by atoms with Gasteiger partial charge in [-0.15, -0.1) is 11.8 Å². The molecule has 0 spiro atoms. The first-order chi connectivity index (χ1) is 11.9. The molecule has 3 heteroatoms. The topological polar surface area (TPSA) is 12.4 Å². The monoisotopic (exact) mass is 361 g/mol. The predicted molar refractivity (Wildman–Crippen MR) is 112 cm³/mol. The highest BCUT2D eigenvalue weighted by Gasteiger charge is 2.34. The van der Waals surface area contributed by atoms with E-state index in [1.807, 2.05) is 11.8 Å². The number of benzene rings is 1. The number of para-hydroxylation sites is 1. The van der Waals surface area contributed by atoms with Crippen LogP contribution in [0.25, 0.3) is 0 Å². The van der Waals surface area contributed by atoms with Crippen molar-refractivity contribution in [1.29, 1.82) is 0 Å². The summed E-state index contributed by atoms with van der Waals surface area (Å²) in [5.74, 6) is 1.16. The minimum absolute atomic E-state index is 0.0770. The Morgan fingerprint density at radius 2 is 1.46 bits per heavy atom. The molecular weight excluding hydrogens is 329 g/mol. The average Bonchev–Trinajstić information content (AvgIpc) is 2.65. The molecule has 0 unspecified atom stereocenters. The molecule has 1 aromatic rings. The molecule has 0 atom stereocenters. The predicted octanol–water partition coefficient (Wildman–Crippen LogP) is 7.57. The van der Waals surface area contributed by atoms with Crippen molar-refractivity contribution in [2.45, 2.75) is 82.4 Å². The van der Waals surface area contributed by atoms with Crippen LogP contribution < -0.4 is 0 Å². The lowest BCUT2D eigenvalue weighted by Gasteiger charge is -2.38. The van der Waals surface area contributed by atoms with Gasteiger partial charge >= 0.3 is 0 Å². The van der Waals surface area contributed by atoms with Crippen molar-refractivity contribution in [3.63, 3.8) is 0 Å². The van der Waals surface area contributed by atoms with Gasteiger partial charge in [0.05, 0.1) is 10.5 Å². The van der Waals surface area contributed by atoms with E-state index in [0.29, 0.717) is 0 Å². The van der Waals surface area contributed by atoms with Crippen LogP contribution in [0.4, 0.5) is 5.69 Å². The van der Waals surface area contributed by atoms with Gasteiger partial charge in [-0.25, -0.2) is 4.99 Å². The molecule has 0 N–H and O–H groups in total. The van der Waals surface area contributed by atoms with Crippen LogP contribution >= 0.6 is 19.7 Å². The van der Waals surface area contributed by atoms with Crippen LogP contribution in [0.2, 0.25) is 0 Å². The molecule has 0 saturated heterocycles. The molecule has 0 bridgehead atoms. The number of aliphatic imine (C=N–C) groups is 1. The van der Waals surface area contributed by atoms with E-state index in [2.05, 4.69) is 37.3 Å². The summed E-state index contributed by atoms with van der Waals surface area (Å²) in [5.41, 5.74) is 3.05. The van der Waals surface area contributed by atoms with Gasteiger partial charge in [0.1, 0.15) is 0 Å². The van der Waals surface area contributed by atoms with Crippen molar-refractivity contribution in [3.8, 4) is 0 Å². The maximum atomic E-state index is 5.21. The summed E-state index contributed by atoms with van der Waals surface area (Å²) in [4.78, 5) is 6.72. The van der Waals surface area contributed by atoms with Gasteiger partial charge in [0, 0.05) is 0 Å². The molecule has 0 radical (unpaired) electrons. The molecular formula is C21H32NPS. The van der Waals surface area contributed by atoms with E-state index >= 15 is 0 Å². The lowest BCUT2D eigenvalue weighted by molar-refractivity contribution is 0.487. The van der Waals surface area contributed by atoms with Crippen LogP contribution in [0, 0.1) is 0 Å². The van der Waals surface area contributed by atoms with E-state index in [0.717, 1.165) is 22.8 Å². The zero-order chi connectivity index (χ0) is 16.6. The number of hydrogen-bond acceptors (Lipinski definition) is 2. The summed E-state index contributed by atoms with van der Waals surface area (Å²) in [6, 6.07) is 10.7. The van der Waals surface area contributed by atoms with Crippen LogP contribution in [0.3, 0.4) is 0 Å². The van der Waals surface area contributed by atoms with E-state index in [1.54, 1.807) is 0 Å². The number of hydrogen-bond donors (Lipinski definition) is 0. The van der Waals surface area contributed by atoms with E-state index in [-0.39, 0.29) is 7.92 Å². The summed E-state index contributed by atoms with van der Waals surface area (Å²) in [6.07, 6.45) is 14.5. The molecule has 132 valence electrons. The first kappa shape index (κ1) is 18.5. The van der Waals surface area contributed by atoms with Crippen molar-refractivity contribution in [2.24, 2.45) is 4.99 Å². The fraction of sp³-hybridized carbons (Fsp3) is 0.667. The first-order valence-corrected chi connectivity index (χ1v) is 12.4. The van der Waals surface area contributed by atoms with E-state index < -0.39 is 0 Å². The Morgan fingerprint density at radius 3 is 1.96 bits per heavy atom. The highest BCUT2D eigenvalue weighted by atomic mass is 32.2. The Kier molecular flexibility index (Phi) is 7.67. The van der Waals surface area contributed by atoms with Crippen LogP contribution in [0.1, 0.15) is 71.1 Å². The van der Waals surface area contributed by atoms with Crippen LogP contribution in [-0.4, -0.2) is 21.9 Å². The lowest BCUT2D eigenvalue weighted by Crippen LogP contribution is -2.23. The lowest BCUT2D eigenvalue weighted by atomic mass is 9.99. The van der Waals surface area contributed by atoms with Crippen molar-refractivity contribution in [3.05, 3.63) is 30.3 Å². The van der Waals surface area contributed by atoms with Gasteiger partial charge in [0.15, 0.2) is 0 Å². The maximum absolute atomic E-state index is 5.21. The quantitative estimate of drug-likeness (QED) is 0.299. The minimum atomic E-state index is -0.0770. The Labute approximate surface area is 153 Å². The van der Waals surface area contributed by atoms with Crippen molar-refractivity contribution in [2.75, 3.05) is 5.75 Å². The smallest absolute Gasteiger partial charge is 0.0968 e. The van der Waals surface area contributed by atoms with Gasteiger partial charge in [-0.2, -0.15) is 0 Å². The standard InChI is InChI=1S/C21H32NPS/c1-2-24-21(22-18-12-6-3-7-13-18)23(19-14-8-4-9-15-19)20-16-10-5-11-17-20/h3,6-7,12-13,19-20H,2,4-5,8-11,14-17H2,1H3. The van der Waals surface area contributed by atoms with Gasteiger partial charge < -0.3 is 0 Å². The van der Waals surface area contributed by atoms with Crippen molar-refractivity contribution in [1.82, 2.24) is 0 Å². The molecule has 24 heavy (non-hydrogen) atoms. The highest BCUT2D eigenvalue weighted by molar-refractivity contribution is 8.26. The third kappa shape index (κ3) is 5.09. The Hall–Kier alpha value is -0.330. The minimum Gasteiger partial charge on any atom is -0.242 e. The molecule has 2 fully saturated rings. The highest BCUT2D eigenvalue weighted by Crippen LogP contribution is 2.59. The number of thioether (sulfide) groups is 1. The molecule has 0 aliphatic heterocycles. The average molecular weight is 362 g/mol. The molecule has 2 saturated carbocycles. The molecule has 2 aliphatic carbocycles.